The molecule has 0 saturated heterocycles. The third kappa shape index (κ3) is 4.68. The molecule has 8 heteroatoms. The van der Waals surface area contributed by atoms with Crippen LogP contribution in [0.4, 0.5) is 10.8 Å². The molecule has 3 aromatic rings. The summed E-state index contributed by atoms with van der Waals surface area (Å²) in [6.45, 7) is 1.71. The Balaban J connectivity index is 1.71. The first-order valence-electron chi connectivity index (χ1n) is 8.30. The van der Waals surface area contributed by atoms with Crippen LogP contribution in [0, 0.1) is 0 Å². The topological polar surface area (TPSA) is 68.7 Å². The molecule has 0 N–H and O–H groups in total. The number of esters is 1. The van der Waals surface area contributed by atoms with E-state index in [1.54, 1.807) is 48.5 Å². The molecular weight excluding hydrogens is 400 g/mol. The number of carbonyl (C=O) groups excluding carboxylic acids is 2. The van der Waals surface area contributed by atoms with Crippen LogP contribution in [0.3, 0.4) is 0 Å². The third-order valence-electron chi connectivity index (χ3n) is 3.77. The first-order chi connectivity index (χ1) is 13.5. The molecule has 1 amide bonds. The van der Waals surface area contributed by atoms with Crippen LogP contribution in [0.2, 0.25) is 5.02 Å². The average molecular weight is 417 g/mol. The number of benzene rings is 2. The lowest BCUT2D eigenvalue weighted by Gasteiger charge is -2.18. The van der Waals surface area contributed by atoms with Crippen LogP contribution in [0.5, 0.6) is 5.75 Å². The Bertz CT molecular complexity index is 988. The summed E-state index contributed by atoms with van der Waals surface area (Å²) in [5, 5.41) is 2.91. The summed E-state index contributed by atoms with van der Waals surface area (Å²) in [5.74, 6) is 0.0315. The Morgan fingerprint density at radius 3 is 2.57 bits per heavy atom. The second-order valence-corrected chi connectivity index (χ2v) is 7.03. The molecule has 0 spiro atoms. The fourth-order valence-corrected chi connectivity index (χ4v) is 3.53. The smallest absolute Gasteiger partial charge is 0.337 e. The molecule has 28 heavy (non-hydrogen) atoms. The molecule has 6 nitrogen and oxygen atoms in total. The number of methoxy groups -OCH3 is 1. The number of thiazole rings is 1. The first kappa shape index (κ1) is 19.9. The van der Waals surface area contributed by atoms with Gasteiger partial charge in [-0.1, -0.05) is 17.7 Å². The van der Waals surface area contributed by atoms with Gasteiger partial charge >= 0.3 is 5.97 Å². The van der Waals surface area contributed by atoms with E-state index in [2.05, 4.69) is 9.72 Å². The van der Waals surface area contributed by atoms with E-state index in [1.807, 2.05) is 5.38 Å². The summed E-state index contributed by atoms with van der Waals surface area (Å²) in [4.78, 5) is 29.6. The van der Waals surface area contributed by atoms with Gasteiger partial charge in [0.25, 0.3) is 0 Å². The van der Waals surface area contributed by atoms with Crippen molar-refractivity contribution in [1.29, 1.82) is 0 Å². The summed E-state index contributed by atoms with van der Waals surface area (Å²) in [5.41, 5.74) is 1.79. The van der Waals surface area contributed by atoms with Gasteiger partial charge in [-0.15, -0.1) is 11.3 Å². The van der Waals surface area contributed by atoms with Crippen molar-refractivity contribution in [2.45, 2.75) is 13.5 Å². The molecule has 144 valence electrons. The van der Waals surface area contributed by atoms with Crippen molar-refractivity contribution in [3.05, 3.63) is 70.2 Å². The van der Waals surface area contributed by atoms with Crippen molar-refractivity contribution in [2.75, 3.05) is 12.0 Å². The lowest BCUT2D eigenvalue weighted by atomic mass is 10.2. The minimum Gasteiger partial charge on any atom is -0.487 e. The van der Waals surface area contributed by atoms with Gasteiger partial charge in [-0.05, 0) is 42.5 Å². The largest absolute Gasteiger partial charge is 0.487 e. The van der Waals surface area contributed by atoms with E-state index < -0.39 is 5.97 Å². The van der Waals surface area contributed by atoms with E-state index in [1.165, 1.54) is 30.3 Å². The quantitative estimate of drug-likeness (QED) is 0.537. The van der Waals surface area contributed by atoms with Gasteiger partial charge < -0.3 is 9.47 Å². The molecule has 1 aromatic heterocycles. The highest BCUT2D eigenvalue weighted by molar-refractivity contribution is 7.14. The van der Waals surface area contributed by atoms with Crippen LogP contribution >= 0.6 is 22.9 Å². The SMILES string of the molecule is COC(=O)c1ccc(OCc2csc(N(C(C)=O)c3cccc(Cl)c3)n2)cc1. The zero-order valence-electron chi connectivity index (χ0n) is 15.2. The van der Waals surface area contributed by atoms with Gasteiger partial charge in [0, 0.05) is 17.3 Å². The Hall–Kier alpha value is -2.90. The number of aromatic nitrogens is 1. The highest BCUT2D eigenvalue weighted by Crippen LogP contribution is 2.30. The molecule has 2 aromatic carbocycles. The normalized spacial score (nSPS) is 10.4. The predicted molar refractivity (Wildman–Crippen MR) is 108 cm³/mol. The number of amides is 1. The lowest BCUT2D eigenvalue weighted by molar-refractivity contribution is -0.115. The summed E-state index contributed by atoms with van der Waals surface area (Å²) < 4.78 is 10.4. The van der Waals surface area contributed by atoms with Crippen LogP contribution in [-0.2, 0) is 16.1 Å². The number of carbonyl (C=O) groups is 2. The molecule has 0 aliphatic rings. The summed E-state index contributed by atoms with van der Waals surface area (Å²) >= 11 is 7.38. The molecular formula is C20H17ClN2O4S. The van der Waals surface area contributed by atoms with Crippen LogP contribution in [0.15, 0.2) is 53.9 Å². The van der Waals surface area contributed by atoms with Gasteiger partial charge in [-0.2, -0.15) is 0 Å². The van der Waals surface area contributed by atoms with Crippen LogP contribution in [0.25, 0.3) is 0 Å². The van der Waals surface area contributed by atoms with Crippen LogP contribution in [0.1, 0.15) is 23.0 Å². The number of anilines is 2. The molecule has 0 aliphatic carbocycles. The number of hydrogen-bond donors (Lipinski definition) is 0. The number of nitrogens with zero attached hydrogens (tertiary/aromatic N) is 2. The Kier molecular flexibility index (Phi) is 6.28. The number of rotatable bonds is 6. The van der Waals surface area contributed by atoms with E-state index >= 15 is 0 Å². The Labute approximate surface area is 171 Å². The van der Waals surface area contributed by atoms with Crippen molar-refractivity contribution in [1.82, 2.24) is 4.98 Å². The molecule has 1 heterocycles. The average Bonchev–Trinajstić information content (AvgIpc) is 3.14. The minimum atomic E-state index is -0.402. The second-order valence-electron chi connectivity index (χ2n) is 5.76. The monoisotopic (exact) mass is 416 g/mol. The van der Waals surface area contributed by atoms with Crippen molar-refractivity contribution < 1.29 is 19.1 Å². The maximum atomic E-state index is 12.1. The zero-order valence-corrected chi connectivity index (χ0v) is 16.8. The maximum absolute atomic E-state index is 12.1. The van der Waals surface area contributed by atoms with E-state index in [0.29, 0.717) is 32.8 Å². The molecule has 0 bridgehead atoms. The number of ether oxygens (including phenoxy) is 2. The van der Waals surface area contributed by atoms with Gasteiger partial charge in [-0.25, -0.2) is 9.78 Å². The second kappa shape index (κ2) is 8.86. The predicted octanol–water partition coefficient (Wildman–Crippen LogP) is 4.85. The van der Waals surface area contributed by atoms with Crippen molar-refractivity contribution in [3.63, 3.8) is 0 Å². The van der Waals surface area contributed by atoms with Gasteiger partial charge in [0.05, 0.1) is 24.1 Å². The zero-order chi connectivity index (χ0) is 20.1. The van der Waals surface area contributed by atoms with E-state index in [-0.39, 0.29) is 12.5 Å². The van der Waals surface area contributed by atoms with Crippen LogP contribution in [-0.4, -0.2) is 24.0 Å². The molecule has 0 radical (unpaired) electrons. The van der Waals surface area contributed by atoms with Crippen LogP contribution < -0.4 is 9.64 Å². The van der Waals surface area contributed by atoms with Gasteiger partial charge in [0.1, 0.15) is 12.4 Å². The van der Waals surface area contributed by atoms with Crippen molar-refractivity contribution >= 4 is 45.6 Å². The maximum Gasteiger partial charge on any atom is 0.337 e. The van der Waals surface area contributed by atoms with E-state index in [9.17, 15) is 9.59 Å². The van der Waals surface area contributed by atoms with Gasteiger partial charge in [0.15, 0.2) is 5.13 Å². The lowest BCUT2D eigenvalue weighted by Crippen LogP contribution is -2.22. The summed E-state index contributed by atoms with van der Waals surface area (Å²) in [6.07, 6.45) is 0. The molecule has 0 fully saturated rings. The molecule has 0 unspecified atom stereocenters. The minimum absolute atomic E-state index is 0.164. The van der Waals surface area contributed by atoms with Crippen molar-refractivity contribution in [3.8, 4) is 5.75 Å². The molecule has 0 aliphatic heterocycles. The Morgan fingerprint density at radius 1 is 1.18 bits per heavy atom. The Morgan fingerprint density at radius 2 is 1.93 bits per heavy atom. The van der Waals surface area contributed by atoms with E-state index in [4.69, 9.17) is 16.3 Å². The first-order valence-corrected chi connectivity index (χ1v) is 9.55. The molecule has 3 rings (SSSR count). The van der Waals surface area contributed by atoms with Crippen molar-refractivity contribution in [2.24, 2.45) is 0 Å². The number of hydrogen-bond acceptors (Lipinski definition) is 6. The molecule has 0 saturated carbocycles. The molecule has 0 atom stereocenters. The fraction of sp³-hybridized carbons (Fsp3) is 0.150. The fourth-order valence-electron chi connectivity index (χ4n) is 2.47. The summed E-state index contributed by atoms with van der Waals surface area (Å²) in [6, 6.07) is 13.7. The van der Waals surface area contributed by atoms with Gasteiger partial charge in [0.2, 0.25) is 5.91 Å². The number of halogens is 1. The van der Waals surface area contributed by atoms with E-state index in [0.717, 1.165) is 0 Å². The summed E-state index contributed by atoms with van der Waals surface area (Å²) in [7, 11) is 1.33. The highest BCUT2D eigenvalue weighted by atomic mass is 35.5. The standard InChI is InChI=1S/C20H17ClN2O4S/c1-13(24)23(17-5-3-4-15(21)10-17)20-22-16(12-28-20)11-27-18-8-6-14(7-9-18)19(25)26-2/h3-10,12H,11H2,1-2H3. The van der Waals surface area contributed by atoms with Gasteiger partial charge in [-0.3, -0.25) is 9.69 Å². The highest BCUT2D eigenvalue weighted by Gasteiger charge is 2.18. The third-order valence-corrected chi connectivity index (χ3v) is 4.88.